The molecule has 0 aliphatic rings. The average molecular weight is 438 g/mol. The zero-order chi connectivity index (χ0) is 22.0. The average Bonchev–Trinajstić information content (AvgIpc) is 2.68. The summed E-state index contributed by atoms with van der Waals surface area (Å²) in [6.07, 6.45) is 3.05. The highest BCUT2D eigenvalue weighted by Gasteiger charge is 2.23. The molecule has 0 bridgehead atoms. The summed E-state index contributed by atoms with van der Waals surface area (Å²) in [5.41, 5.74) is 2.11. The van der Waals surface area contributed by atoms with Gasteiger partial charge in [-0.05, 0) is 42.5 Å². The Labute approximate surface area is 178 Å². The molecule has 0 amide bonds. The molecule has 2 aromatic rings. The van der Waals surface area contributed by atoms with Crippen LogP contribution in [0.3, 0.4) is 0 Å². The lowest BCUT2D eigenvalue weighted by atomic mass is 10.1. The Bertz CT molecular complexity index is 828. The maximum Gasteiger partial charge on any atom is 0.472 e. The van der Waals surface area contributed by atoms with Crippen molar-refractivity contribution in [3.8, 4) is 11.5 Å². The number of aromatic hydroxyl groups is 2. The van der Waals surface area contributed by atoms with E-state index in [0.717, 1.165) is 24.9 Å². The molecule has 1 atom stereocenters. The fourth-order valence-corrected chi connectivity index (χ4v) is 3.84. The predicted octanol–water partition coefficient (Wildman–Crippen LogP) is 3.87. The fraction of sp³-hybridized carbons (Fsp3) is 0.455. The minimum atomic E-state index is -4.09. The van der Waals surface area contributed by atoms with E-state index in [2.05, 4.69) is 26.2 Å². The van der Waals surface area contributed by atoms with Gasteiger partial charge in [-0.15, -0.1) is 0 Å². The quantitative estimate of drug-likeness (QED) is 0.190. The van der Waals surface area contributed by atoms with Crippen LogP contribution in [0, 0.1) is 0 Å². The van der Waals surface area contributed by atoms with E-state index >= 15 is 0 Å². The van der Waals surface area contributed by atoms with Crippen LogP contribution >= 0.6 is 7.82 Å². The number of phenolic OH excluding ortho intramolecular Hbond substituents is 2. The van der Waals surface area contributed by atoms with E-state index in [-0.39, 0.29) is 24.7 Å². The standard InChI is InChI=1S/C22H32NO6P/c1-23(2,14-6-10-19-8-4-3-5-9-19)15-17-29-30(26,27)28-16-7-11-20-12-13-21(24)22(25)18-20/h3-5,8-9,12-13,18H,6-7,10-11,14-17H2,1-2H3,(H2-,24,25,26,27)/p+1. The van der Waals surface area contributed by atoms with Crippen molar-refractivity contribution in [2.45, 2.75) is 25.7 Å². The summed E-state index contributed by atoms with van der Waals surface area (Å²) in [5, 5.41) is 18.8. The third-order valence-electron chi connectivity index (χ3n) is 4.93. The van der Waals surface area contributed by atoms with Crippen LogP contribution in [-0.2, 0) is 26.5 Å². The number of aryl methyl sites for hydroxylation is 2. The summed E-state index contributed by atoms with van der Waals surface area (Å²) in [6, 6.07) is 14.9. The smallest absolute Gasteiger partial charge is 0.472 e. The number of hydrogen-bond donors (Lipinski definition) is 3. The van der Waals surface area contributed by atoms with Crippen LogP contribution in [0.25, 0.3) is 0 Å². The van der Waals surface area contributed by atoms with Gasteiger partial charge in [0.05, 0.1) is 27.2 Å². The van der Waals surface area contributed by atoms with E-state index in [1.165, 1.54) is 17.7 Å². The highest BCUT2D eigenvalue weighted by molar-refractivity contribution is 7.47. The molecule has 0 saturated heterocycles. The summed E-state index contributed by atoms with van der Waals surface area (Å²) in [5.74, 6) is -0.362. The summed E-state index contributed by atoms with van der Waals surface area (Å²) in [7, 11) is 0.0577. The van der Waals surface area contributed by atoms with Gasteiger partial charge >= 0.3 is 7.82 Å². The number of benzene rings is 2. The van der Waals surface area contributed by atoms with E-state index < -0.39 is 7.82 Å². The Kier molecular flexibility index (Phi) is 9.34. The van der Waals surface area contributed by atoms with Crippen LogP contribution in [0.15, 0.2) is 48.5 Å². The number of nitrogens with zero attached hydrogens (tertiary/aromatic N) is 1. The van der Waals surface area contributed by atoms with Crippen molar-refractivity contribution < 1.29 is 33.2 Å². The molecule has 0 fully saturated rings. The monoisotopic (exact) mass is 438 g/mol. The van der Waals surface area contributed by atoms with Crippen molar-refractivity contribution >= 4 is 7.82 Å². The molecule has 30 heavy (non-hydrogen) atoms. The zero-order valence-electron chi connectivity index (χ0n) is 17.7. The van der Waals surface area contributed by atoms with Gasteiger partial charge in [-0.25, -0.2) is 4.57 Å². The number of likely N-dealkylation sites (N-methyl/N-ethyl adjacent to an activating group) is 1. The molecular formula is C22H33NO6P+. The van der Waals surface area contributed by atoms with Gasteiger partial charge in [0.25, 0.3) is 0 Å². The van der Waals surface area contributed by atoms with Crippen LogP contribution in [0.2, 0.25) is 0 Å². The molecule has 7 nitrogen and oxygen atoms in total. The lowest BCUT2D eigenvalue weighted by molar-refractivity contribution is -0.890. The van der Waals surface area contributed by atoms with Gasteiger partial charge in [-0.3, -0.25) is 9.05 Å². The van der Waals surface area contributed by atoms with Gasteiger partial charge in [-0.2, -0.15) is 0 Å². The minimum absolute atomic E-state index is 0.0603. The normalized spacial score (nSPS) is 13.8. The third kappa shape index (κ3) is 9.28. The summed E-state index contributed by atoms with van der Waals surface area (Å²) >= 11 is 0. The lowest BCUT2D eigenvalue weighted by Crippen LogP contribution is -2.43. The van der Waals surface area contributed by atoms with Crippen LogP contribution in [0.5, 0.6) is 11.5 Å². The first kappa shape index (κ1) is 24.4. The maximum atomic E-state index is 12.0. The fourth-order valence-electron chi connectivity index (χ4n) is 3.09. The second-order valence-electron chi connectivity index (χ2n) is 8.03. The largest absolute Gasteiger partial charge is 0.504 e. The molecule has 0 aliphatic carbocycles. The van der Waals surface area contributed by atoms with Gasteiger partial charge in [0.15, 0.2) is 11.5 Å². The first-order valence-corrected chi connectivity index (χ1v) is 11.7. The maximum absolute atomic E-state index is 12.0. The Morgan fingerprint density at radius 2 is 1.50 bits per heavy atom. The number of phosphoric ester groups is 1. The van der Waals surface area contributed by atoms with E-state index in [4.69, 9.17) is 9.05 Å². The topological polar surface area (TPSA) is 96.2 Å². The van der Waals surface area contributed by atoms with Gasteiger partial charge < -0.3 is 19.6 Å². The molecule has 0 aliphatic heterocycles. The number of quaternary nitrogens is 1. The first-order valence-electron chi connectivity index (χ1n) is 10.2. The highest BCUT2D eigenvalue weighted by Crippen LogP contribution is 2.43. The third-order valence-corrected chi connectivity index (χ3v) is 5.94. The van der Waals surface area contributed by atoms with Crippen molar-refractivity contribution in [3.05, 3.63) is 59.7 Å². The molecule has 166 valence electrons. The van der Waals surface area contributed by atoms with Crippen molar-refractivity contribution in [3.63, 3.8) is 0 Å². The summed E-state index contributed by atoms with van der Waals surface area (Å²) < 4.78 is 22.9. The second kappa shape index (κ2) is 11.5. The van der Waals surface area contributed by atoms with Crippen LogP contribution in [0.1, 0.15) is 24.0 Å². The Morgan fingerprint density at radius 3 is 2.20 bits per heavy atom. The van der Waals surface area contributed by atoms with Gasteiger partial charge in [0.2, 0.25) is 0 Å². The summed E-state index contributed by atoms with van der Waals surface area (Å²) in [6.45, 7) is 1.74. The number of phenols is 2. The van der Waals surface area contributed by atoms with Crippen LogP contribution < -0.4 is 0 Å². The van der Waals surface area contributed by atoms with Crippen LogP contribution in [0.4, 0.5) is 0 Å². The molecule has 1 unspecified atom stereocenters. The van der Waals surface area contributed by atoms with Crippen molar-refractivity contribution in [1.82, 2.24) is 0 Å². The molecule has 8 heteroatoms. The van der Waals surface area contributed by atoms with E-state index in [9.17, 15) is 19.7 Å². The molecule has 2 aromatic carbocycles. The van der Waals surface area contributed by atoms with Gasteiger partial charge in [0.1, 0.15) is 13.2 Å². The van der Waals surface area contributed by atoms with Crippen molar-refractivity contribution in [2.75, 3.05) is 40.4 Å². The molecule has 2 rings (SSSR count). The molecule has 0 radical (unpaired) electrons. The highest BCUT2D eigenvalue weighted by atomic mass is 31.2. The molecular weight excluding hydrogens is 405 g/mol. The zero-order valence-corrected chi connectivity index (χ0v) is 18.6. The Morgan fingerprint density at radius 1 is 0.833 bits per heavy atom. The number of phosphoric acid groups is 1. The minimum Gasteiger partial charge on any atom is -0.504 e. The molecule has 3 N–H and O–H groups in total. The SMILES string of the molecule is C[N+](C)(CCCc1ccccc1)CCOP(=O)(O)OCCCc1ccc(O)c(O)c1. The van der Waals surface area contributed by atoms with E-state index in [0.29, 0.717) is 23.9 Å². The number of rotatable bonds is 13. The molecule has 0 aromatic heterocycles. The van der Waals surface area contributed by atoms with E-state index in [1.807, 2.05) is 18.2 Å². The van der Waals surface area contributed by atoms with E-state index in [1.54, 1.807) is 6.07 Å². The van der Waals surface area contributed by atoms with Crippen molar-refractivity contribution in [2.24, 2.45) is 0 Å². The first-order chi connectivity index (χ1) is 14.2. The predicted molar refractivity (Wildman–Crippen MR) is 116 cm³/mol. The van der Waals surface area contributed by atoms with Gasteiger partial charge in [-0.1, -0.05) is 36.4 Å². The summed E-state index contributed by atoms with van der Waals surface area (Å²) in [4.78, 5) is 9.84. The van der Waals surface area contributed by atoms with Gasteiger partial charge in [0, 0.05) is 6.42 Å². The number of hydrogen-bond acceptors (Lipinski definition) is 5. The van der Waals surface area contributed by atoms with Crippen LogP contribution in [-0.4, -0.2) is 60.0 Å². The van der Waals surface area contributed by atoms with Crippen molar-refractivity contribution in [1.29, 1.82) is 0 Å². The Hall–Kier alpha value is -1.89. The molecule has 0 spiro atoms. The Balaban J connectivity index is 1.62. The lowest BCUT2D eigenvalue weighted by Gasteiger charge is -2.30. The second-order valence-corrected chi connectivity index (χ2v) is 9.49. The molecule has 0 heterocycles. The molecule has 0 saturated carbocycles.